The van der Waals surface area contributed by atoms with Crippen molar-refractivity contribution < 1.29 is 0 Å². The monoisotopic (exact) mass is 477 g/mol. The lowest BCUT2D eigenvalue weighted by molar-refractivity contribution is 1.55. The normalized spacial score (nSPS) is 11.3. The van der Waals surface area contributed by atoms with Crippen LogP contribution in [0.4, 0.5) is 11.4 Å². The molecule has 1 N–H and O–H groups in total. The highest BCUT2D eigenvalue weighted by atomic mass is 32.1. The second kappa shape index (κ2) is 8.67. The maximum absolute atomic E-state index is 3.69. The van der Waals surface area contributed by atoms with Crippen molar-refractivity contribution in [1.29, 1.82) is 0 Å². The van der Waals surface area contributed by atoms with Crippen LogP contribution in [0.15, 0.2) is 133 Å². The molecular weight excluding hydrogens is 454 g/mol. The molecule has 0 atom stereocenters. The van der Waals surface area contributed by atoms with Gasteiger partial charge in [-0.05, 0) is 57.3 Å². The molecule has 7 rings (SSSR count). The highest BCUT2D eigenvalue weighted by molar-refractivity contribution is 7.26. The van der Waals surface area contributed by atoms with Crippen LogP contribution in [-0.4, -0.2) is 0 Å². The predicted octanol–water partition coefficient (Wildman–Crippen LogP) is 10.3. The Morgan fingerprint density at radius 2 is 1.14 bits per heavy atom. The summed E-state index contributed by atoms with van der Waals surface area (Å²) in [5.41, 5.74) is 7.18. The fraction of sp³-hybridized carbons (Fsp3) is 0. The summed E-state index contributed by atoms with van der Waals surface area (Å²) in [7, 11) is 0. The first-order chi connectivity index (χ1) is 17.8. The first kappa shape index (κ1) is 20.9. The smallest absolute Gasteiger partial charge is 0.0590 e. The number of hydrogen-bond acceptors (Lipinski definition) is 2. The Balaban J connectivity index is 1.26. The van der Waals surface area contributed by atoms with Crippen LogP contribution in [0.5, 0.6) is 0 Å². The van der Waals surface area contributed by atoms with Gasteiger partial charge in [-0.15, -0.1) is 11.3 Å². The van der Waals surface area contributed by atoms with E-state index in [1.807, 2.05) is 11.3 Å². The van der Waals surface area contributed by atoms with Crippen LogP contribution in [0.25, 0.3) is 53.2 Å². The van der Waals surface area contributed by atoms with Crippen molar-refractivity contribution in [2.45, 2.75) is 0 Å². The largest absolute Gasteiger partial charge is 0.354 e. The summed E-state index contributed by atoms with van der Waals surface area (Å²) in [4.78, 5) is 0. The van der Waals surface area contributed by atoms with Crippen LogP contribution >= 0.6 is 11.3 Å². The van der Waals surface area contributed by atoms with Gasteiger partial charge in [0.25, 0.3) is 0 Å². The predicted molar refractivity (Wildman–Crippen MR) is 157 cm³/mol. The molecule has 6 aromatic carbocycles. The van der Waals surface area contributed by atoms with E-state index in [2.05, 4.69) is 139 Å². The zero-order valence-corrected chi connectivity index (χ0v) is 20.4. The van der Waals surface area contributed by atoms with Crippen molar-refractivity contribution >= 4 is 53.7 Å². The fourth-order valence-electron chi connectivity index (χ4n) is 5.16. The van der Waals surface area contributed by atoms with Crippen molar-refractivity contribution in [2.75, 3.05) is 5.32 Å². The molecule has 2 heteroatoms. The minimum atomic E-state index is 1.09. The van der Waals surface area contributed by atoms with Gasteiger partial charge in [-0.3, -0.25) is 0 Å². The first-order valence-electron chi connectivity index (χ1n) is 12.2. The van der Waals surface area contributed by atoms with Gasteiger partial charge in [0.2, 0.25) is 0 Å². The van der Waals surface area contributed by atoms with Gasteiger partial charge in [0, 0.05) is 21.2 Å². The van der Waals surface area contributed by atoms with Gasteiger partial charge in [0.1, 0.15) is 0 Å². The summed E-state index contributed by atoms with van der Waals surface area (Å²) < 4.78 is 2.62. The van der Waals surface area contributed by atoms with E-state index in [0.717, 1.165) is 11.4 Å². The Kier molecular flexibility index (Phi) is 5.04. The Morgan fingerprint density at radius 1 is 0.472 bits per heavy atom. The standard InChI is InChI=1S/C34H23NS/c1-2-9-23(10-3-1)27-12-6-7-13-28(27)25-17-20-26(21-18-25)35-31-16-8-15-30-33-29-14-5-4-11-24(29)19-22-32(33)36-34(30)31/h1-22,35H. The zero-order valence-electron chi connectivity index (χ0n) is 19.6. The molecule has 1 heterocycles. The molecule has 0 aliphatic carbocycles. The van der Waals surface area contributed by atoms with Crippen molar-refractivity contribution in [3.8, 4) is 22.3 Å². The molecule has 0 saturated carbocycles. The molecule has 0 aliphatic rings. The van der Waals surface area contributed by atoms with Crippen LogP contribution in [0.2, 0.25) is 0 Å². The number of fused-ring (bicyclic) bond motifs is 5. The van der Waals surface area contributed by atoms with Gasteiger partial charge in [-0.25, -0.2) is 0 Å². The third-order valence-corrected chi connectivity index (χ3v) is 8.08. The van der Waals surface area contributed by atoms with Gasteiger partial charge >= 0.3 is 0 Å². The van der Waals surface area contributed by atoms with Crippen LogP contribution in [0.1, 0.15) is 0 Å². The van der Waals surface area contributed by atoms with Crippen molar-refractivity contribution in [3.05, 3.63) is 133 Å². The molecule has 1 nitrogen and oxygen atoms in total. The Morgan fingerprint density at radius 3 is 1.94 bits per heavy atom. The van der Waals surface area contributed by atoms with Crippen LogP contribution < -0.4 is 5.32 Å². The average molecular weight is 478 g/mol. The van der Waals surface area contributed by atoms with Crippen molar-refractivity contribution in [1.82, 2.24) is 0 Å². The van der Waals surface area contributed by atoms with Crippen molar-refractivity contribution in [3.63, 3.8) is 0 Å². The number of hydrogen-bond donors (Lipinski definition) is 1. The van der Waals surface area contributed by atoms with E-state index in [4.69, 9.17) is 0 Å². The topological polar surface area (TPSA) is 12.0 Å². The fourth-order valence-corrected chi connectivity index (χ4v) is 6.35. The summed E-state index contributed by atoms with van der Waals surface area (Å²) in [5.74, 6) is 0. The van der Waals surface area contributed by atoms with E-state index >= 15 is 0 Å². The lowest BCUT2D eigenvalue weighted by atomic mass is 9.94. The number of thiophene rings is 1. The zero-order chi connectivity index (χ0) is 23.9. The molecule has 7 aromatic rings. The number of nitrogens with one attached hydrogen (secondary N) is 1. The molecule has 0 bridgehead atoms. The van der Waals surface area contributed by atoms with Gasteiger partial charge in [-0.2, -0.15) is 0 Å². The molecule has 0 unspecified atom stereocenters. The second-order valence-electron chi connectivity index (χ2n) is 9.06. The molecule has 0 radical (unpaired) electrons. The Hall–Kier alpha value is -4.40. The van der Waals surface area contributed by atoms with E-state index in [0.29, 0.717) is 0 Å². The molecular formula is C34H23NS. The van der Waals surface area contributed by atoms with E-state index in [-0.39, 0.29) is 0 Å². The second-order valence-corrected chi connectivity index (χ2v) is 10.1. The molecule has 0 aliphatic heterocycles. The molecule has 170 valence electrons. The van der Waals surface area contributed by atoms with Gasteiger partial charge in [0.15, 0.2) is 0 Å². The van der Waals surface area contributed by atoms with Crippen LogP contribution in [0.3, 0.4) is 0 Å². The number of rotatable bonds is 4. The lowest BCUT2D eigenvalue weighted by Crippen LogP contribution is -1.91. The summed E-state index contributed by atoms with van der Waals surface area (Å²) >= 11 is 1.86. The summed E-state index contributed by atoms with van der Waals surface area (Å²) in [6.07, 6.45) is 0. The van der Waals surface area contributed by atoms with Crippen LogP contribution in [0, 0.1) is 0 Å². The summed E-state index contributed by atoms with van der Waals surface area (Å²) in [6, 6.07) is 47.7. The van der Waals surface area contributed by atoms with Gasteiger partial charge in [0.05, 0.1) is 10.4 Å². The Labute approximate surface area is 214 Å². The number of benzene rings is 6. The molecule has 0 saturated heterocycles. The maximum Gasteiger partial charge on any atom is 0.0590 e. The van der Waals surface area contributed by atoms with Crippen LogP contribution in [-0.2, 0) is 0 Å². The third-order valence-electron chi connectivity index (χ3n) is 6.87. The Bertz CT molecular complexity index is 1850. The minimum absolute atomic E-state index is 1.09. The molecule has 0 fully saturated rings. The van der Waals surface area contributed by atoms with E-state index in [9.17, 15) is 0 Å². The summed E-state index contributed by atoms with van der Waals surface area (Å²) in [5, 5.41) is 8.96. The van der Waals surface area contributed by atoms with Crippen molar-refractivity contribution in [2.24, 2.45) is 0 Å². The quantitative estimate of drug-likeness (QED) is 0.266. The first-order valence-corrected chi connectivity index (χ1v) is 13.0. The van der Waals surface area contributed by atoms with E-state index in [1.54, 1.807) is 0 Å². The molecule has 0 spiro atoms. The number of anilines is 2. The average Bonchev–Trinajstić information content (AvgIpc) is 3.34. The summed E-state index contributed by atoms with van der Waals surface area (Å²) in [6.45, 7) is 0. The third kappa shape index (κ3) is 3.55. The molecule has 1 aromatic heterocycles. The lowest BCUT2D eigenvalue weighted by Gasteiger charge is -2.12. The van der Waals surface area contributed by atoms with Gasteiger partial charge in [-0.1, -0.05) is 109 Å². The molecule has 36 heavy (non-hydrogen) atoms. The van der Waals surface area contributed by atoms with E-state index < -0.39 is 0 Å². The maximum atomic E-state index is 3.69. The highest BCUT2D eigenvalue weighted by Gasteiger charge is 2.12. The SMILES string of the molecule is c1ccc(-c2ccccc2-c2ccc(Nc3cccc4c3sc3ccc5ccccc5c34)cc2)cc1. The van der Waals surface area contributed by atoms with Gasteiger partial charge < -0.3 is 5.32 Å². The minimum Gasteiger partial charge on any atom is -0.354 e. The van der Waals surface area contributed by atoms with E-state index in [1.165, 1.54) is 53.2 Å². The molecule has 0 amide bonds. The highest BCUT2D eigenvalue weighted by Crippen LogP contribution is 2.42.